The highest BCUT2D eigenvalue weighted by Crippen LogP contribution is 2.17. The molecule has 0 radical (unpaired) electrons. The number of hydrogen-bond acceptors (Lipinski definition) is 2. The molecule has 0 aliphatic carbocycles. The Morgan fingerprint density at radius 3 is 2.76 bits per heavy atom. The lowest BCUT2D eigenvalue weighted by molar-refractivity contribution is -0.132. The van der Waals surface area contributed by atoms with E-state index >= 15 is 0 Å². The molecule has 0 fully saturated rings. The molecule has 1 rings (SSSR count). The maximum absolute atomic E-state index is 13.5. The van der Waals surface area contributed by atoms with Crippen LogP contribution in [0, 0.1) is 5.82 Å². The number of halogens is 2. The fourth-order valence-corrected chi connectivity index (χ4v) is 1.91. The van der Waals surface area contributed by atoms with Crippen LogP contribution >= 0.6 is 15.9 Å². The minimum atomic E-state index is -0.565. The third kappa shape index (κ3) is 3.78. The average Bonchev–Trinajstić information content (AvgIpc) is 2.29. The van der Waals surface area contributed by atoms with E-state index in [9.17, 15) is 9.18 Å². The second kappa shape index (κ2) is 6.12. The molecule has 0 aliphatic rings. The van der Waals surface area contributed by atoms with E-state index in [1.807, 2.05) is 6.92 Å². The molecular formula is C12H16BrFN2O. The monoisotopic (exact) mass is 302 g/mol. The predicted octanol–water partition coefficient (Wildman–Crippen LogP) is 2.28. The molecule has 0 bridgehead atoms. The molecule has 0 heterocycles. The number of benzene rings is 1. The molecule has 1 atom stereocenters. The molecule has 0 aliphatic heterocycles. The molecule has 0 spiro atoms. The lowest BCUT2D eigenvalue weighted by Crippen LogP contribution is -2.41. The maximum atomic E-state index is 13.5. The van der Waals surface area contributed by atoms with Crippen LogP contribution in [0.4, 0.5) is 4.39 Å². The summed E-state index contributed by atoms with van der Waals surface area (Å²) in [7, 11) is 0. The number of carbonyl (C=O) groups is 1. The van der Waals surface area contributed by atoms with Crippen molar-refractivity contribution in [3.8, 4) is 0 Å². The Balaban J connectivity index is 2.87. The number of amides is 1. The molecule has 1 aromatic carbocycles. The van der Waals surface area contributed by atoms with Gasteiger partial charge in [0, 0.05) is 23.1 Å². The van der Waals surface area contributed by atoms with E-state index in [2.05, 4.69) is 15.9 Å². The van der Waals surface area contributed by atoms with Crippen molar-refractivity contribution in [3.63, 3.8) is 0 Å². The first-order valence-electron chi connectivity index (χ1n) is 5.44. The summed E-state index contributed by atoms with van der Waals surface area (Å²) in [4.78, 5) is 13.3. The van der Waals surface area contributed by atoms with Crippen LogP contribution in [-0.4, -0.2) is 23.4 Å². The molecular weight excluding hydrogens is 287 g/mol. The minimum Gasteiger partial charge on any atom is -0.337 e. The Kier molecular flexibility index (Phi) is 5.08. The minimum absolute atomic E-state index is 0.174. The number of hydrogen-bond donors (Lipinski definition) is 1. The molecule has 0 saturated heterocycles. The molecule has 2 N–H and O–H groups in total. The van der Waals surface area contributed by atoms with Crippen molar-refractivity contribution in [1.29, 1.82) is 0 Å². The van der Waals surface area contributed by atoms with Gasteiger partial charge in [0.15, 0.2) is 0 Å². The van der Waals surface area contributed by atoms with Crippen LogP contribution in [0.2, 0.25) is 0 Å². The van der Waals surface area contributed by atoms with Crippen LogP contribution < -0.4 is 5.73 Å². The summed E-state index contributed by atoms with van der Waals surface area (Å²) in [6.45, 7) is 4.22. The van der Waals surface area contributed by atoms with Gasteiger partial charge in [-0.2, -0.15) is 0 Å². The van der Waals surface area contributed by atoms with Crippen molar-refractivity contribution in [2.75, 3.05) is 6.54 Å². The maximum Gasteiger partial charge on any atom is 0.239 e. The highest BCUT2D eigenvalue weighted by molar-refractivity contribution is 9.10. The Morgan fingerprint density at radius 2 is 2.24 bits per heavy atom. The van der Waals surface area contributed by atoms with Crippen LogP contribution in [0.3, 0.4) is 0 Å². The summed E-state index contributed by atoms with van der Waals surface area (Å²) in [6, 6.07) is 4.11. The topological polar surface area (TPSA) is 46.3 Å². The second-order valence-corrected chi connectivity index (χ2v) is 4.79. The van der Waals surface area contributed by atoms with E-state index in [4.69, 9.17) is 5.73 Å². The summed E-state index contributed by atoms with van der Waals surface area (Å²) in [5.41, 5.74) is 6.02. The van der Waals surface area contributed by atoms with Gasteiger partial charge in [-0.15, -0.1) is 0 Å². The molecule has 0 unspecified atom stereocenters. The van der Waals surface area contributed by atoms with Crippen molar-refractivity contribution in [1.82, 2.24) is 4.90 Å². The summed E-state index contributed by atoms with van der Waals surface area (Å²) >= 11 is 3.28. The zero-order valence-corrected chi connectivity index (χ0v) is 11.5. The second-order valence-electron chi connectivity index (χ2n) is 3.88. The van der Waals surface area contributed by atoms with Gasteiger partial charge >= 0.3 is 0 Å². The first-order chi connectivity index (χ1) is 7.95. The lowest BCUT2D eigenvalue weighted by Gasteiger charge is -2.23. The Hall–Kier alpha value is -0.940. The molecule has 5 heteroatoms. The molecule has 0 saturated carbocycles. The largest absolute Gasteiger partial charge is 0.337 e. The Morgan fingerprint density at radius 1 is 1.59 bits per heavy atom. The van der Waals surface area contributed by atoms with Crippen molar-refractivity contribution in [2.24, 2.45) is 5.73 Å². The summed E-state index contributed by atoms with van der Waals surface area (Å²) in [5, 5.41) is 0. The molecule has 1 amide bonds. The molecule has 94 valence electrons. The standard InChI is InChI=1S/C12H16BrFN2O/c1-3-16(12(17)8(2)15)7-9-6-10(13)4-5-11(9)14/h4-6,8H,3,7,15H2,1-2H3/t8-/m0/s1. The number of rotatable bonds is 4. The van der Waals surface area contributed by atoms with E-state index in [-0.39, 0.29) is 18.3 Å². The van der Waals surface area contributed by atoms with Crippen molar-refractivity contribution in [3.05, 3.63) is 34.1 Å². The molecule has 17 heavy (non-hydrogen) atoms. The van der Waals surface area contributed by atoms with Crippen LogP contribution in [0.1, 0.15) is 19.4 Å². The van der Waals surface area contributed by atoms with Gasteiger partial charge < -0.3 is 10.6 Å². The van der Waals surface area contributed by atoms with E-state index in [0.717, 1.165) is 4.47 Å². The number of nitrogens with two attached hydrogens (primary N) is 1. The van der Waals surface area contributed by atoms with Gasteiger partial charge in [-0.1, -0.05) is 15.9 Å². The zero-order valence-electron chi connectivity index (χ0n) is 9.91. The van der Waals surface area contributed by atoms with Gasteiger partial charge in [0.05, 0.1) is 6.04 Å². The van der Waals surface area contributed by atoms with Gasteiger partial charge in [-0.25, -0.2) is 4.39 Å². The summed E-state index contributed by atoms with van der Waals surface area (Å²) in [6.07, 6.45) is 0. The van der Waals surface area contributed by atoms with Gasteiger partial charge in [-0.05, 0) is 32.0 Å². The third-order valence-corrected chi connectivity index (χ3v) is 2.95. The third-order valence-electron chi connectivity index (χ3n) is 2.45. The van der Waals surface area contributed by atoms with Crippen LogP contribution in [-0.2, 0) is 11.3 Å². The van der Waals surface area contributed by atoms with Crippen molar-refractivity contribution < 1.29 is 9.18 Å². The smallest absolute Gasteiger partial charge is 0.239 e. The molecule has 3 nitrogen and oxygen atoms in total. The summed E-state index contributed by atoms with van der Waals surface area (Å²) < 4.78 is 14.3. The van der Waals surface area contributed by atoms with Gasteiger partial charge in [-0.3, -0.25) is 4.79 Å². The van der Waals surface area contributed by atoms with Crippen molar-refractivity contribution >= 4 is 21.8 Å². The van der Waals surface area contributed by atoms with Crippen LogP contribution in [0.15, 0.2) is 22.7 Å². The van der Waals surface area contributed by atoms with Crippen LogP contribution in [0.25, 0.3) is 0 Å². The van der Waals surface area contributed by atoms with E-state index in [0.29, 0.717) is 12.1 Å². The van der Waals surface area contributed by atoms with Crippen molar-refractivity contribution in [2.45, 2.75) is 26.4 Å². The van der Waals surface area contributed by atoms with Gasteiger partial charge in [0.25, 0.3) is 0 Å². The van der Waals surface area contributed by atoms with Gasteiger partial charge in [0.2, 0.25) is 5.91 Å². The molecule has 1 aromatic rings. The zero-order chi connectivity index (χ0) is 13.0. The van der Waals surface area contributed by atoms with E-state index < -0.39 is 6.04 Å². The highest BCUT2D eigenvalue weighted by atomic mass is 79.9. The first-order valence-corrected chi connectivity index (χ1v) is 6.23. The van der Waals surface area contributed by atoms with E-state index in [1.165, 1.54) is 11.0 Å². The number of likely N-dealkylation sites (N-methyl/N-ethyl adjacent to an activating group) is 1. The Labute approximate surface area is 109 Å². The fourth-order valence-electron chi connectivity index (χ4n) is 1.50. The predicted molar refractivity (Wildman–Crippen MR) is 68.8 cm³/mol. The lowest BCUT2D eigenvalue weighted by atomic mass is 10.2. The van der Waals surface area contributed by atoms with E-state index in [1.54, 1.807) is 19.1 Å². The quantitative estimate of drug-likeness (QED) is 0.927. The number of carbonyl (C=O) groups excluding carboxylic acids is 1. The summed E-state index contributed by atoms with van der Waals surface area (Å²) in [5.74, 6) is -0.490. The first kappa shape index (κ1) is 14.1. The highest BCUT2D eigenvalue weighted by Gasteiger charge is 2.17. The molecule has 0 aromatic heterocycles. The Bertz CT molecular complexity index is 409. The number of nitrogens with zero attached hydrogens (tertiary/aromatic N) is 1. The van der Waals surface area contributed by atoms with Crippen LogP contribution in [0.5, 0.6) is 0 Å². The van der Waals surface area contributed by atoms with Gasteiger partial charge in [0.1, 0.15) is 5.82 Å². The fraction of sp³-hybridized carbons (Fsp3) is 0.417. The normalized spacial score (nSPS) is 12.3. The SMILES string of the molecule is CCN(Cc1cc(Br)ccc1F)C(=O)[C@H](C)N. The average molecular weight is 303 g/mol.